The largest absolute Gasteiger partial charge is 0.465 e. The highest BCUT2D eigenvalue weighted by molar-refractivity contribution is 8.77. The van der Waals surface area contributed by atoms with Crippen molar-refractivity contribution in [1.29, 1.82) is 0 Å². The maximum absolute atomic E-state index is 11.7. The Bertz CT molecular complexity index is 800. The average Bonchev–Trinajstić information content (AvgIpc) is 3.66. The van der Waals surface area contributed by atoms with Crippen LogP contribution in [-0.4, -0.2) is 100 Å². The molecule has 6 N–H and O–H groups in total. The maximum Gasteiger partial charge on any atom is 0.330 e. The smallest absolute Gasteiger partial charge is 0.330 e. The lowest BCUT2D eigenvalue weighted by Gasteiger charge is -2.26. The molecule has 0 radical (unpaired) electrons. The van der Waals surface area contributed by atoms with Crippen LogP contribution in [0.5, 0.6) is 0 Å². The molecule has 0 unspecified atom stereocenters. The number of rotatable bonds is 17. The summed E-state index contributed by atoms with van der Waals surface area (Å²) >= 11 is 0. The number of nitrogens with one attached hydrogen (secondary N) is 2. The van der Waals surface area contributed by atoms with Crippen LogP contribution in [0, 0.1) is 10.8 Å². The molecule has 2 fully saturated rings. The molecule has 0 aromatic rings. The monoisotopic (exact) mass is 670 g/mol. The zero-order valence-electron chi connectivity index (χ0n) is 24.5. The van der Waals surface area contributed by atoms with E-state index in [1.807, 2.05) is 14.0 Å². The second kappa shape index (κ2) is 25.0. The highest BCUT2D eigenvalue weighted by Crippen LogP contribution is 2.44. The molecule has 42 heavy (non-hydrogen) atoms. The summed E-state index contributed by atoms with van der Waals surface area (Å²) in [6, 6.07) is 0. The molecule has 0 amide bonds. The lowest BCUT2D eigenvalue weighted by Crippen LogP contribution is -2.37. The molecule has 0 saturated carbocycles. The molecular formula is C26H46N4O8S4. The van der Waals surface area contributed by atoms with Crippen LogP contribution in [0.2, 0.25) is 0 Å². The molecule has 0 atom stereocenters. The van der Waals surface area contributed by atoms with Gasteiger partial charge < -0.3 is 41.0 Å². The van der Waals surface area contributed by atoms with Crippen LogP contribution in [0.4, 0.5) is 0 Å². The van der Waals surface area contributed by atoms with Crippen LogP contribution in [-0.2, 0) is 38.1 Å². The van der Waals surface area contributed by atoms with Crippen LogP contribution in [0.25, 0.3) is 0 Å². The summed E-state index contributed by atoms with van der Waals surface area (Å²) in [4.78, 5) is 45.3. The molecular weight excluding hydrogens is 625 g/mol. The van der Waals surface area contributed by atoms with Gasteiger partial charge >= 0.3 is 23.9 Å². The SMILES string of the molecule is C=CC(=O)OCC1(COC(=O)C=C)CSSC1.CCCC(=O)OCC1(COC(=O)CCNCNC)CSSC1.NCN. The van der Waals surface area contributed by atoms with Crippen LogP contribution in [0.3, 0.4) is 0 Å². The fourth-order valence-electron chi connectivity index (χ4n) is 2.95. The maximum atomic E-state index is 11.7. The predicted octanol–water partition coefficient (Wildman–Crippen LogP) is 2.10. The molecule has 0 spiro atoms. The number of hydrogen-bond acceptors (Lipinski definition) is 16. The van der Waals surface area contributed by atoms with E-state index in [1.165, 1.54) is 0 Å². The van der Waals surface area contributed by atoms with E-state index in [4.69, 9.17) is 18.9 Å². The van der Waals surface area contributed by atoms with Gasteiger partial charge in [-0.15, -0.1) is 0 Å². The van der Waals surface area contributed by atoms with Gasteiger partial charge in [0.15, 0.2) is 0 Å². The van der Waals surface area contributed by atoms with Crippen LogP contribution >= 0.6 is 43.2 Å². The van der Waals surface area contributed by atoms with E-state index in [2.05, 4.69) is 35.3 Å². The average molecular weight is 671 g/mol. The van der Waals surface area contributed by atoms with Gasteiger partial charge in [0.05, 0.1) is 17.3 Å². The van der Waals surface area contributed by atoms with E-state index in [1.54, 1.807) is 43.2 Å². The van der Waals surface area contributed by atoms with Gasteiger partial charge in [-0.05, 0) is 13.5 Å². The summed E-state index contributed by atoms with van der Waals surface area (Å²) in [5.41, 5.74) is 8.71. The normalized spacial score (nSPS) is 16.0. The Labute approximate surface area is 265 Å². The van der Waals surface area contributed by atoms with Gasteiger partial charge in [0, 0.05) is 61.5 Å². The minimum absolute atomic E-state index is 0.175. The van der Waals surface area contributed by atoms with Crippen molar-refractivity contribution in [3.63, 3.8) is 0 Å². The third kappa shape index (κ3) is 19.0. The number of esters is 4. The lowest BCUT2D eigenvalue weighted by atomic mass is 9.95. The van der Waals surface area contributed by atoms with Gasteiger partial charge in [-0.1, -0.05) is 63.3 Å². The summed E-state index contributed by atoms with van der Waals surface area (Å²) < 4.78 is 20.8. The highest BCUT2D eigenvalue weighted by atomic mass is 33.1. The zero-order chi connectivity index (χ0) is 31.7. The van der Waals surface area contributed by atoms with Crippen molar-refractivity contribution in [3.8, 4) is 0 Å². The van der Waals surface area contributed by atoms with Crippen molar-refractivity contribution in [2.75, 3.05) is 76.4 Å². The van der Waals surface area contributed by atoms with Crippen molar-refractivity contribution >= 4 is 67.1 Å². The van der Waals surface area contributed by atoms with Gasteiger partial charge in [-0.2, -0.15) is 0 Å². The Morgan fingerprint density at radius 2 is 1.14 bits per heavy atom. The third-order valence-electron chi connectivity index (χ3n) is 5.34. The number of ether oxygens (including phenoxy) is 4. The van der Waals surface area contributed by atoms with Crippen LogP contribution in [0.15, 0.2) is 25.3 Å². The molecule has 2 saturated heterocycles. The van der Waals surface area contributed by atoms with Crippen molar-refractivity contribution in [2.45, 2.75) is 26.2 Å². The van der Waals surface area contributed by atoms with E-state index in [0.717, 1.165) is 41.6 Å². The van der Waals surface area contributed by atoms with Gasteiger partial charge in [-0.25, -0.2) is 9.59 Å². The Morgan fingerprint density at radius 3 is 1.50 bits per heavy atom. The second-order valence-corrected chi connectivity index (χ2v) is 14.2. The quantitative estimate of drug-likeness (QED) is 0.0441. The van der Waals surface area contributed by atoms with E-state index in [0.29, 0.717) is 39.3 Å². The van der Waals surface area contributed by atoms with Crippen molar-refractivity contribution in [1.82, 2.24) is 10.6 Å². The fraction of sp³-hybridized carbons (Fsp3) is 0.692. The summed E-state index contributed by atoms with van der Waals surface area (Å²) in [7, 11) is 8.67. The first kappa shape index (κ1) is 40.6. The molecule has 0 bridgehead atoms. The molecule has 2 aliphatic rings. The molecule has 2 heterocycles. The number of carbonyl (C=O) groups is 4. The number of nitrogens with two attached hydrogens (primary N) is 2. The summed E-state index contributed by atoms with van der Waals surface area (Å²) in [5.74, 6) is 1.93. The number of hydrogen-bond donors (Lipinski definition) is 4. The van der Waals surface area contributed by atoms with Crippen LogP contribution < -0.4 is 22.1 Å². The Kier molecular flexibility index (Phi) is 24.1. The first-order chi connectivity index (χ1) is 20.1. The summed E-state index contributed by atoms with van der Waals surface area (Å²) in [5, 5.41) is 6.01. The second-order valence-electron chi connectivity index (χ2n) is 9.26. The minimum atomic E-state index is -0.457. The van der Waals surface area contributed by atoms with Gasteiger partial charge in [0.25, 0.3) is 0 Å². The van der Waals surface area contributed by atoms with E-state index >= 15 is 0 Å². The van der Waals surface area contributed by atoms with Crippen molar-refractivity contribution in [3.05, 3.63) is 25.3 Å². The number of carbonyl (C=O) groups excluding carboxylic acids is 4. The van der Waals surface area contributed by atoms with E-state index in [-0.39, 0.29) is 42.7 Å². The van der Waals surface area contributed by atoms with E-state index in [9.17, 15) is 19.2 Å². The molecule has 0 aromatic heterocycles. The van der Waals surface area contributed by atoms with Crippen molar-refractivity contribution < 1.29 is 38.1 Å². The van der Waals surface area contributed by atoms with E-state index < -0.39 is 11.9 Å². The Hall–Kier alpha value is -1.40. The topological polar surface area (TPSA) is 181 Å². The molecule has 16 heteroatoms. The lowest BCUT2D eigenvalue weighted by molar-refractivity contribution is -0.152. The fourth-order valence-corrected chi connectivity index (χ4v) is 9.62. The van der Waals surface area contributed by atoms with Gasteiger partial charge in [0.2, 0.25) is 0 Å². The third-order valence-corrected chi connectivity index (χ3v) is 11.0. The van der Waals surface area contributed by atoms with Crippen molar-refractivity contribution in [2.24, 2.45) is 22.3 Å². The Balaban J connectivity index is 0.000000751. The molecule has 0 aromatic carbocycles. The molecule has 2 rings (SSSR count). The molecule has 12 nitrogen and oxygen atoms in total. The van der Waals surface area contributed by atoms with Gasteiger partial charge in [-0.3, -0.25) is 9.59 Å². The molecule has 0 aliphatic carbocycles. The first-order valence-corrected chi connectivity index (χ1v) is 18.3. The minimum Gasteiger partial charge on any atom is -0.465 e. The highest BCUT2D eigenvalue weighted by Gasteiger charge is 2.39. The zero-order valence-corrected chi connectivity index (χ0v) is 27.8. The first-order valence-electron chi connectivity index (χ1n) is 13.3. The predicted molar refractivity (Wildman–Crippen MR) is 174 cm³/mol. The Morgan fingerprint density at radius 1 is 0.762 bits per heavy atom. The summed E-state index contributed by atoms with van der Waals surface area (Å²) in [6.07, 6.45) is 3.81. The molecule has 2 aliphatic heterocycles. The summed E-state index contributed by atoms with van der Waals surface area (Å²) in [6.45, 7) is 11.2. The standard InChI is InChI=1S/C14H26N2O4S2.C11H14O4S2.CH6N2/c1-3-4-12(17)19-7-14(9-21-22-10-14)8-20-13(18)5-6-16-11-15-2;1-3-9(12)14-5-11(7-16-17-8-11)6-15-10(13)4-2;2-1-3/h15-16H,3-11H2,1-2H3;3-4H,1-2,5-8H2;1-3H2. The molecule has 242 valence electrons. The van der Waals surface area contributed by atoms with Crippen LogP contribution in [0.1, 0.15) is 26.2 Å². The van der Waals surface area contributed by atoms with Gasteiger partial charge in [0.1, 0.15) is 26.4 Å².